The van der Waals surface area contributed by atoms with Crippen LogP contribution >= 0.6 is 23.0 Å². The fraction of sp³-hybridized carbons (Fsp3) is 0.182. The van der Waals surface area contributed by atoms with Gasteiger partial charge < -0.3 is 7.80 Å². The first kappa shape index (κ1) is 13.1. The lowest BCUT2D eigenvalue weighted by Crippen LogP contribution is -2.21. The van der Waals surface area contributed by atoms with Crippen molar-refractivity contribution in [2.75, 3.05) is 7.11 Å². The first-order chi connectivity index (χ1) is 7.76. The summed E-state index contributed by atoms with van der Waals surface area (Å²) in [6, 6.07) is 9.47. The molecule has 16 heavy (non-hydrogen) atoms. The second-order valence-electron chi connectivity index (χ2n) is 2.82. The first-order valence-corrected chi connectivity index (χ1v) is 5.50. The van der Waals surface area contributed by atoms with Gasteiger partial charge in [0.05, 0.1) is 0 Å². The average Bonchev–Trinajstić information content (AvgIpc) is 2.34. The number of methoxy groups -OCH3 is 1. The van der Waals surface area contributed by atoms with Crippen molar-refractivity contribution in [3.63, 3.8) is 0 Å². The normalized spacial score (nSPS) is 12.6. The highest BCUT2D eigenvalue weighted by atomic mass is 127. The van der Waals surface area contributed by atoms with E-state index in [-0.39, 0.29) is 0 Å². The molecule has 0 aliphatic heterocycles. The number of halogens is 1. The molecule has 0 amide bonds. The molecular weight excluding hydrogens is 323 g/mol. The number of carbonyl (C=O) groups excluding carboxylic acids is 1. The number of esters is 1. The predicted octanol–water partition coefficient (Wildman–Crippen LogP) is 2.05. The Bertz CT molecular complexity index is 346. The number of carbonyl (C=O) groups is 1. The van der Waals surface area contributed by atoms with Gasteiger partial charge in [0.15, 0.2) is 0 Å². The van der Waals surface area contributed by atoms with Crippen LogP contribution in [0.25, 0.3) is 6.08 Å². The molecule has 0 fully saturated rings. The Morgan fingerprint density at radius 2 is 2.12 bits per heavy atom. The van der Waals surface area contributed by atoms with Gasteiger partial charge in [-0.1, -0.05) is 30.3 Å². The zero-order chi connectivity index (χ0) is 11.8. The summed E-state index contributed by atoms with van der Waals surface area (Å²) in [6.07, 6.45) is 3.01. The van der Waals surface area contributed by atoms with E-state index in [0.717, 1.165) is 5.56 Å². The van der Waals surface area contributed by atoms with Crippen LogP contribution in [0.4, 0.5) is 0 Å². The SMILES string of the molecule is COC(OC(=O)/C=C/c1ccccc1)[OH+]I. The standard InChI is InChI=1S/C11H11IO4/c1-14-11(16-12)15-10(13)8-7-9-5-3-2-4-6-9/h2-8,11H,1H3/p+1/b8-7+. The van der Waals surface area contributed by atoms with Crippen LogP contribution in [0.2, 0.25) is 0 Å². The van der Waals surface area contributed by atoms with Gasteiger partial charge in [0, 0.05) is 13.2 Å². The van der Waals surface area contributed by atoms with Crippen LogP contribution in [-0.2, 0) is 14.3 Å². The van der Waals surface area contributed by atoms with Crippen LogP contribution in [0.3, 0.4) is 0 Å². The van der Waals surface area contributed by atoms with Crippen LogP contribution in [0.1, 0.15) is 5.56 Å². The molecule has 0 bridgehead atoms. The highest BCUT2D eigenvalue weighted by molar-refractivity contribution is 14.1. The second-order valence-corrected chi connectivity index (χ2v) is 3.38. The van der Waals surface area contributed by atoms with Crippen LogP contribution < -0.4 is 0 Å². The van der Waals surface area contributed by atoms with Gasteiger partial charge >= 0.3 is 35.5 Å². The number of hydrogen-bond donors (Lipinski definition) is 0. The third kappa shape index (κ3) is 4.73. The molecular formula is C11H12IO4+. The van der Waals surface area contributed by atoms with E-state index < -0.39 is 12.4 Å². The number of aliphatic hydroxyl groups is 1. The monoisotopic (exact) mass is 335 g/mol. The zero-order valence-corrected chi connectivity index (χ0v) is 10.8. The van der Waals surface area contributed by atoms with E-state index in [4.69, 9.17) is 9.47 Å². The summed E-state index contributed by atoms with van der Waals surface area (Å²) in [5.74, 6) is -0.490. The van der Waals surface area contributed by atoms with Gasteiger partial charge in [0.25, 0.3) is 0 Å². The Hall–Kier alpha value is -0.920. The molecule has 0 saturated heterocycles. The van der Waals surface area contributed by atoms with Crippen LogP contribution in [0.15, 0.2) is 36.4 Å². The van der Waals surface area contributed by atoms with E-state index in [1.807, 2.05) is 30.3 Å². The van der Waals surface area contributed by atoms with Crippen molar-refractivity contribution >= 4 is 35.1 Å². The van der Waals surface area contributed by atoms with E-state index in [2.05, 4.69) is 3.07 Å². The average molecular weight is 335 g/mol. The van der Waals surface area contributed by atoms with Crippen molar-refractivity contribution in [1.82, 2.24) is 0 Å². The van der Waals surface area contributed by atoms with Crippen molar-refractivity contribution in [2.45, 2.75) is 6.48 Å². The molecule has 0 radical (unpaired) electrons. The molecule has 0 spiro atoms. The number of benzene rings is 1. The Labute approximate surface area is 108 Å². The third-order valence-corrected chi connectivity index (χ3v) is 2.16. The highest BCUT2D eigenvalue weighted by Crippen LogP contribution is 2.03. The largest absolute Gasteiger partial charge is 0.441 e. The van der Waals surface area contributed by atoms with Crippen LogP contribution in [-0.4, -0.2) is 22.6 Å². The maximum absolute atomic E-state index is 11.3. The van der Waals surface area contributed by atoms with E-state index in [1.54, 1.807) is 29.1 Å². The quantitative estimate of drug-likeness (QED) is 0.272. The zero-order valence-electron chi connectivity index (χ0n) is 8.67. The molecule has 0 aliphatic rings. The third-order valence-electron chi connectivity index (χ3n) is 1.71. The van der Waals surface area contributed by atoms with Gasteiger partial charge in [0.2, 0.25) is 0 Å². The van der Waals surface area contributed by atoms with E-state index >= 15 is 0 Å². The summed E-state index contributed by atoms with van der Waals surface area (Å²) >= 11 is 1.72. The van der Waals surface area contributed by atoms with Crippen molar-refractivity contribution in [1.29, 1.82) is 0 Å². The fourth-order valence-electron chi connectivity index (χ4n) is 0.975. The van der Waals surface area contributed by atoms with Gasteiger partial charge in [-0.25, -0.2) is 4.79 Å². The lowest BCUT2D eigenvalue weighted by molar-refractivity contribution is -0.251. The summed E-state index contributed by atoms with van der Waals surface area (Å²) in [6.45, 7) is -0.853. The van der Waals surface area contributed by atoms with Gasteiger partial charge in [-0.3, -0.25) is 4.74 Å². The molecule has 86 valence electrons. The molecule has 1 rings (SSSR count). The molecule has 1 atom stereocenters. The smallest absolute Gasteiger partial charge is 0.365 e. The summed E-state index contributed by atoms with van der Waals surface area (Å²) in [7, 11) is 1.42. The van der Waals surface area contributed by atoms with E-state index in [1.165, 1.54) is 13.2 Å². The predicted molar refractivity (Wildman–Crippen MR) is 68.6 cm³/mol. The van der Waals surface area contributed by atoms with Gasteiger partial charge in [0.1, 0.15) is 0 Å². The maximum Gasteiger partial charge on any atom is 0.441 e. The van der Waals surface area contributed by atoms with Gasteiger partial charge in [-0.05, 0) is 11.6 Å². The molecule has 1 aromatic rings. The number of ether oxygens (including phenoxy) is 2. The molecule has 1 unspecified atom stereocenters. The molecule has 5 heteroatoms. The molecule has 4 nitrogen and oxygen atoms in total. The topological polar surface area (TPSA) is 48.3 Å². The van der Waals surface area contributed by atoms with Crippen LogP contribution in [0.5, 0.6) is 0 Å². The molecule has 0 saturated carbocycles. The number of rotatable bonds is 5. The van der Waals surface area contributed by atoms with Crippen LogP contribution in [0, 0.1) is 0 Å². The van der Waals surface area contributed by atoms with Crippen molar-refractivity contribution < 1.29 is 17.3 Å². The number of hydrogen-bond acceptors (Lipinski definition) is 3. The Morgan fingerprint density at radius 1 is 1.44 bits per heavy atom. The molecule has 0 aromatic heterocycles. The summed E-state index contributed by atoms with van der Waals surface area (Å²) in [5.41, 5.74) is 0.930. The minimum absolute atomic E-state index is 0.490. The summed E-state index contributed by atoms with van der Waals surface area (Å²) in [5, 5.41) is 0. The molecule has 0 aliphatic carbocycles. The Kier molecular flexibility index (Phi) is 6.05. The maximum atomic E-state index is 11.3. The lowest BCUT2D eigenvalue weighted by atomic mass is 10.2. The minimum atomic E-state index is -0.853. The Morgan fingerprint density at radius 3 is 2.69 bits per heavy atom. The van der Waals surface area contributed by atoms with Crippen molar-refractivity contribution in [3.05, 3.63) is 42.0 Å². The highest BCUT2D eigenvalue weighted by Gasteiger charge is 2.15. The Balaban J connectivity index is 2.48. The molecule has 1 N–H and O–H groups in total. The summed E-state index contributed by atoms with van der Waals surface area (Å²) in [4.78, 5) is 11.3. The van der Waals surface area contributed by atoms with E-state index in [0.29, 0.717) is 0 Å². The second kappa shape index (κ2) is 7.37. The minimum Gasteiger partial charge on any atom is -0.365 e. The van der Waals surface area contributed by atoms with Crippen molar-refractivity contribution in [3.8, 4) is 0 Å². The fourth-order valence-corrected chi connectivity index (χ4v) is 1.32. The van der Waals surface area contributed by atoms with Gasteiger partial charge in [-0.2, -0.15) is 0 Å². The van der Waals surface area contributed by atoms with E-state index in [9.17, 15) is 4.79 Å². The first-order valence-electron chi connectivity index (χ1n) is 4.54. The molecule has 1 aromatic carbocycles. The summed E-state index contributed by atoms with van der Waals surface area (Å²) < 4.78 is 13.3. The van der Waals surface area contributed by atoms with Gasteiger partial charge in [-0.15, -0.1) is 0 Å². The van der Waals surface area contributed by atoms with Crippen molar-refractivity contribution in [2.24, 2.45) is 0 Å². The molecule has 0 heterocycles. The lowest BCUT2D eigenvalue weighted by Gasteiger charge is -2.05.